The number of amides is 1. The molecule has 5 heteroatoms. The number of rotatable bonds is 4. The molecule has 1 unspecified atom stereocenters. The molecular weight excluding hydrogens is 336 g/mol. The van der Waals surface area contributed by atoms with Crippen LogP contribution in [0.3, 0.4) is 0 Å². The molecule has 0 aliphatic carbocycles. The van der Waals surface area contributed by atoms with E-state index in [0.29, 0.717) is 5.56 Å². The molecule has 0 saturated heterocycles. The van der Waals surface area contributed by atoms with E-state index in [1.807, 2.05) is 61.5 Å². The third-order valence-electron chi connectivity index (χ3n) is 4.49. The van der Waals surface area contributed by atoms with Gasteiger partial charge in [0, 0.05) is 35.7 Å². The first-order valence-electron chi connectivity index (χ1n) is 8.73. The molecule has 27 heavy (non-hydrogen) atoms. The summed E-state index contributed by atoms with van der Waals surface area (Å²) in [5.41, 5.74) is 4.07. The highest BCUT2D eigenvalue weighted by Gasteiger charge is 2.16. The van der Waals surface area contributed by atoms with Gasteiger partial charge in [-0.1, -0.05) is 18.2 Å². The molecule has 0 fully saturated rings. The van der Waals surface area contributed by atoms with Crippen molar-refractivity contribution in [2.75, 3.05) is 0 Å². The Bertz CT molecular complexity index is 1080. The molecule has 4 rings (SSSR count). The summed E-state index contributed by atoms with van der Waals surface area (Å²) in [6, 6.07) is 17.0. The normalized spacial score (nSPS) is 11.9. The number of nitrogens with one attached hydrogen (secondary N) is 1. The molecule has 0 bridgehead atoms. The SMILES string of the molecule is CC(NC(=O)c1cc(-c2ccncc2)nc2ccccc12)c1ccncc1. The maximum Gasteiger partial charge on any atom is 0.252 e. The van der Waals surface area contributed by atoms with Crippen LogP contribution in [0, 0.1) is 0 Å². The van der Waals surface area contributed by atoms with Crippen LogP contribution in [-0.4, -0.2) is 20.9 Å². The fourth-order valence-electron chi connectivity index (χ4n) is 3.04. The van der Waals surface area contributed by atoms with E-state index in [2.05, 4.69) is 15.3 Å². The number of para-hydroxylation sites is 1. The molecule has 132 valence electrons. The molecule has 0 spiro atoms. The first-order valence-corrected chi connectivity index (χ1v) is 8.73. The van der Waals surface area contributed by atoms with E-state index in [9.17, 15) is 4.79 Å². The number of benzene rings is 1. The topological polar surface area (TPSA) is 67.8 Å². The second-order valence-corrected chi connectivity index (χ2v) is 6.28. The third-order valence-corrected chi connectivity index (χ3v) is 4.49. The highest BCUT2D eigenvalue weighted by atomic mass is 16.1. The molecule has 1 amide bonds. The number of fused-ring (bicyclic) bond motifs is 1. The van der Waals surface area contributed by atoms with Crippen molar-refractivity contribution in [2.45, 2.75) is 13.0 Å². The molecule has 4 aromatic rings. The largest absolute Gasteiger partial charge is 0.345 e. The van der Waals surface area contributed by atoms with Gasteiger partial charge in [0.05, 0.1) is 22.8 Å². The van der Waals surface area contributed by atoms with Gasteiger partial charge in [-0.25, -0.2) is 4.98 Å². The van der Waals surface area contributed by atoms with Gasteiger partial charge < -0.3 is 5.32 Å². The van der Waals surface area contributed by atoms with Crippen LogP contribution in [0.25, 0.3) is 22.2 Å². The van der Waals surface area contributed by atoms with E-state index >= 15 is 0 Å². The number of hydrogen-bond donors (Lipinski definition) is 1. The molecule has 5 nitrogen and oxygen atoms in total. The van der Waals surface area contributed by atoms with Gasteiger partial charge >= 0.3 is 0 Å². The van der Waals surface area contributed by atoms with E-state index in [1.54, 1.807) is 24.8 Å². The number of hydrogen-bond acceptors (Lipinski definition) is 4. The van der Waals surface area contributed by atoms with Crippen LogP contribution in [0.5, 0.6) is 0 Å². The zero-order valence-electron chi connectivity index (χ0n) is 14.8. The predicted molar refractivity (Wildman–Crippen MR) is 105 cm³/mol. The molecule has 1 N–H and O–H groups in total. The van der Waals surface area contributed by atoms with Crippen LogP contribution < -0.4 is 5.32 Å². The van der Waals surface area contributed by atoms with E-state index in [1.165, 1.54) is 0 Å². The Hall–Kier alpha value is -3.60. The molecular formula is C22H18N4O. The lowest BCUT2D eigenvalue weighted by Gasteiger charge is -2.16. The lowest BCUT2D eigenvalue weighted by Crippen LogP contribution is -2.27. The summed E-state index contributed by atoms with van der Waals surface area (Å²) in [6.07, 6.45) is 6.89. The van der Waals surface area contributed by atoms with Gasteiger partial charge in [-0.05, 0) is 48.9 Å². The number of pyridine rings is 3. The van der Waals surface area contributed by atoms with E-state index in [-0.39, 0.29) is 11.9 Å². The van der Waals surface area contributed by atoms with Crippen molar-refractivity contribution in [2.24, 2.45) is 0 Å². The van der Waals surface area contributed by atoms with Crippen LogP contribution in [-0.2, 0) is 0 Å². The lowest BCUT2D eigenvalue weighted by molar-refractivity contribution is 0.0941. The zero-order chi connectivity index (χ0) is 18.6. The summed E-state index contributed by atoms with van der Waals surface area (Å²) in [7, 11) is 0. The quantitative estimate of drug-likeness (QED) is 0.597. The number of carbonyl (C=O) groups excluding carboxylic acids is 1. The molecule has 1 atom stereocenters. The fraction of sp³-hybridized carbons (Fsp3) is 0.0909. The van der Waals surface area contributed by atoms with Crippen molar-refractivity contribution in [3.05, 3.63) is 90.5 Å². The Morgan fingerprint density at radius 1 is 0.926 bits per heavy atom. The van der Waals surface area contributed by atoms with E-state index in [0.717, 1.165) is 27.7 Å². The van der Waals surface area contributed by atoms with Crippen molar-refractivity contribution >= 4 is 16.8 Å². The van der Waals surface area contributed by atoms with Crippen LogP contribution in [0.2, 0.25) is 0 Å². The van der Waals surface area contributed by atoms with E-state index in [4.69, 9.17) is 4.98 Å². The highest BCUT2D eigenvalue weighted by Crippen LogP contribution is 2.25. The average molecular weight is 354 g/mol. The minimum Gasteiger partial charge on any atom is -0.345 e. The molecule has 0 radical (unpaired) electrons. The van der Waals surface area contributed by atoms with Crippen molar-refractivity contribution in [1.29, 1.82) is 0 Å². The number of aromatic nitrogens is 3. The maximum absolute atomic E-state index is 13.1. The standard InChI is InChI=1S/C22H18N4O/c1-15(16-6-10-23-11-7-16)25-22(27)19-14-21(17-8-12-24-13-9-17)26-20-5-3-2-4-18(19)20/h2-15H,1H3,(H,25,27). The zero-order valence-corrected chi connectivity index (χ0v) is 14.8. The average Bonchev–Trinajstić information content (AvgIpc) is 2.74. The van der Waals surface area contributed by atoms with Crippen LogP contribution in [0.15, 0.2) is 79.4 Å². The summed E-state index contributed by atoms with van der Waals surface area (Å²) < 4.78 is 0. The molecule has 0 aliphatic heterocycles. The van der Waals surface area contributed by atoms with Crippen molar-refractivity contribution in [3.63, 3.8) is 0 Å². The Morgan fingerprint density at radius 3 is 2.33 bits per heavy atom. The van der Waals surface area contributed by atoms with Crippen molar-refractivity contribution in [3.8, 4) is 11.3 Å². The van der Waals surface area contributed by atoms with Crippen molar-refractivity contribution < 1.29 is 4.79 Å². The van der Waals surface area contributed by atoms with Crippen molar-refractivity contribution in [1.82, 2.24) is 20.3 Å². The summed E-state index contributed by atoms with van der Waals surface area (Å²) in [4.78, 5) is 25.8. The Morgan fingerprint density at radius 2 is 1.59 bits per heavy atom. The van der Waals surface area contributed by atoms with Gasteiger partial charge in [-0.15, -0.1) is 0 Å². The first-order chi connectivity index (χ1) is 13.2. The summed E-state index contributed by atoms with van der Waals surface area (Å²) in [5.74, 6) is -0.131. The molecule has 0 saturated carbocycles. The van der Waals surface area contributed by atoms with Crippen LogP contribution in [0.4, 0.5) is 0 Å². The highest BCUT2D eigenvalue weighted by molar-refractivity contribution is 6.07. The second kappa shape index (κ2) is 7.33. The maximum atomic E-state index is 13.1. The molecule has 1 aromatic carbocycles. The summed E-state index contributed by atoms with van der Waals surface area (Å²) in [6.45, 7) is 1.96. The Kier molecular flexibility index (Phi) is 4.58. The van der Waals surface area contributed by atoms with Gasteiger partial charge in [-0.3, -0.25) is 14.8 Å². The minimum atomic E-state index is -0.131. The monoisotopic (exact) mass is 354 g/mol. The van der Waals surface area contributed by atoms with Crippen LogP contribution >= 0.6 is 0 Å². The Balaban J connectivity index is 1.74. The second-order valence-electron chi connectivity index (χ2n) is 6.28. The van der Waals surface area contributed by atoms with Gasteiger partial charge in [0.15, 0.2) is 0 Å². The summed E-state index contributed by atoms with van der Waals surface area (Å²) >= 11 is 0. The first kappa shape index (κ1) is 16.8. The van der Waals surface area contributed by atoms with E-state index < -0.39 is 0 Å². The van der Waals surface area contributed by atoms with Crippen LogP contribution in [0.1, 0.15) is 28.9 Å². The molecule has 0 aliphatic rings. The predicted octanol–water partition coefficient (Wildman–Crippen LogP) is 4.18. The Labute approximate surface area is 157 Å². The smallest absolute Gasteiger partial charge is 0.252 e. The third kappa shape index (κ3) is 3.53. The summed E-state index contributed by atoms with van der Waals surface area (Å²) in [5, 5.41) is 3.90. The van der Waals surface area contributed by atoms with Gasteiger partial charge in [0.1, 0.15) is 0 Å². The number of nitrogens with zero attached hydrogens (tertiary/aromatic N) is 3. The fourth-order valence-corrected chi connectivity index (χ4v) is 3.04. The minimum absolute atomic E-state index is 0.128. The van der Waals surface area contributed by atoms with Gasteiger partial charge in [-0.2, -0.15) is 0 Å². The number of carbonyl (C=O) groups is 1. The van der Waals surface area contributed by atoms with Gasteiger partial charge in [0.2, 0.25) is 0 Å². The van der Waals surface area contributed by atoms with Gasteiger partial charge in [0.25, 0.3) is 5.91 Å². The molecule has 3 heterocycles. The lowest BCUT2D eigenvalue weighted by atomic mass is 10.0. The molecule has 3 aromatic heterocycles.